The summed E-state index contributed by atoms with van der Waals surface area (Å²) in [5.74, 6) is 1.75. The zero-order valence-electron chi connectivity index (χ0n) is 18.0. The first-order valence-corrected chi connectivity index (χ1v) is 10.9. The molecule has 1 unspecified atom stereocenters. The van der Waals surface area contributed by atoms with E-state index >= 15 is 0 Å². The second-order valence-corrected chi connectivity index (χ2v) is 8.39. The molecule has 31 heavy (non-hydrogen) atoms. The van der Waals surface area contributed by atoms with Gasteiger partial charge in [0.15, 0.2) is 0 Å². The van der Waals surface area contributed by atoms with E-state index < -0.39 is 0 Å². The average molecular weight is 416 g/mol. The van der Waals surface area contributed by atoms with Crippen molar-refractivity contribution >= 4 is 17.8 Å². The molecule has 1 aliphatic heterocycles. The Labute approximate surface area is 184 Å². The number of carboxylic acid groups (broad SMARTS) is 1. The molecule has 4 nitrogen and oxygen atoms in total. The van der Waals surface area contributed by atoms with Crippen molar-refractivity contribution in [2.75, 3.05) is 11.4 Å². The SMILES string of the molecule is CC1Cc2ccc(OCc3ccc4c(c3)N(c3ccccc3)CCC4)cc2C1.O=CO. The monoisotopic (exact) mass is 415 g/mol. The van der Waals surface area contributed by atoms with Crippen LogP contribution in [0.3, 0.4) is 0 Å². The molecule has 2 aliphatic rings. The minimum absolute atomic E-state index is 0.250. The lowest BCUT2D eigenvalue weighted by Gasteiger charge is -2.32. The van der Waals surface area contributed by atoms with Crippen LogP contribution in [0.15, 0.2) is 66.7 Å². The molecule has 0 bridgehead atoms. The van der Waals surface area contributed by atoms with Gasteiger partial charge in [-0.05, 0) is 84.2 Å². The number of ether oxygens (including phenoxy) is 1. The second-order valence-electron chi connectivity index (χ2n) is 8.39. The van der Waals surface area contributed by atoms with Crippen molar-refractivity contribution < 1.29 is 14.6 Å². The molecule has 5 rings (SSSR count). The number of nitrogens with zero attached hydrogens (tertiary/aromatic N) is 1. The van der Waals surface area contributed by atoms with Crippen molar-refractivity contribution in [2.45, 2.75) is 39.2 Å². The van der Waals surface area contributed by atoms with Crippen LogP contribution in [0.2, 0.25) is 0 Å². The lowest BCUT2D eigenvalue weighted by molar-refractivity contribution is -0.122. The standard InChI is InChI=1S/C26H27NO.CH2O2/c1-19-14-22-11-12-25(17-23(22)15-19)28-18-20-9-10-21-6-5-13-27(26(21)16-20)24-7-3-2-4-8-24;2-1-3/h2-4,7-12,16-17,19H,5-6,13-15,18H2,1H3;1H,(H,2,3). The van der Waals surface area contributed by atoms with E-state index in [9.17, 15) is 0 Å². The van der Waals surface area contributed by atoms with Gasteiger partial charge in [0.25, 0.3) is 6.47 Å². The number of rotatable bonds is 4. The fraction of sp³-hybridized carbons (Fsp3) is 0.296. The maximum Gasteiger partial charge on any atom is 0.290 e. The molecule has 0 radical (unpaired) electrons. The number of hydrogen-bond donors (Lipinski definition) is 1. The molecule has 160 valence electrons. The van der Waals surface area contributed by atoms with Crippen molar-refractivity contribution in [2.24, 2.45) is 5.92 Å². The minimum atomic E-state index is -0.250. The molecule has 3 aromatic carbocycles. The lowest BCUT2D eigenvalue weighted by atomic mass is 9.99. The molecule has 0 saturated carbocycles. The van der Waals surface area contributed by atoms with Crippen molar-refractivity contribution in [3.8, 4) is 5.75 Å². The summed E-state index contributed by atoms with van der Waals surface area (Å²) in [7, 11) is 0. The molecule has 0 aromatic heterocycles. The molecule has 1 N–H and O–H groups in total. The smallest absolute Gasteiger partial charge is 0.290 e. The Kier molecular flexibility index (Phi) is 6.56. The first-order chi connectivity index (χ1) is 15.2. The summed E-state index contributed by atoms with van der Waals surface area (Å²) in [5.41, 5.74) is 8.23. The highest BCUT2D eigenvalue weighted by Crippen LogP contribution is 2.35. The molecule has 1 heterocycles. The van der Waals surface area contributed by atoms with Crippen molar-refractivity contribution in [3.63, 3.8) is 0 Å². The number of fused-ring (bicyclic) bond motifs is 2. The number of benzene rings is 3. The van der Waals surface area contributed by atoms with Gasteiger partial charge >= 0.3 is 0 Å². The molecule has 1 atom stereocenters. The first-order valence-electron chi connectivity index (χ1n) is 10.9. The Morgan fingerprint density at radius 2 is 1.74 bits per heavy atom. The van der Waals surface area contributed by atoms with Gasteiger partial charge in [0.05, 0.1) is 0 Å². The molecule has 4 heteroatoms. The lowest BCUT2D eigenvalue weighted by Crippen LogP contribution is -2.24. The van der Waals surface area contributed by atoms with E-state index in [0.29, 0.717) is 6.61 Å². The predicted molar refractivity (Wildman–Crippen MR) is 124 cm³/mol. The van der Waals surface area contributed by atoms with Crippen molar-refractivity contribution in [1.82, 2.24) is 0 Å². The average Bonchev–Trinajstić information content (AvgIpc) is 3.17. The van der Waals surface area contributed by atoms with Crippen molar-refractivity contribution in [1.29, 1.82) is 0 Å². The number of carbonyl (C=O) groups is 1. The molecular formula is C27H29NO3. The van der Waals surface area contributed by atoms with Gasteiger partial charge in [0, 0.05) is 17.9 Å². The van der Waals surface area contributed by atoms with Gasteiger partial charge in [-0.25, -0.2) is 0 Å². The Balaban J connectivity index is 0.000000730. The van der Waals surface area contributed by atoms with E-state index in [2.05, 4.69) is 78.6 Å². The van der Waals surface area contributed by atoms with Crippen molar-refractivity contribution in [3.05, 3.63) is 89.0 Å². The molecule has 0 amide bonds. The third kappa shape index (κ3) is 4.91. The van der Waals surface area contributed by atoms with Gasteiger partial charge in [0.1, 0.15) is 12.4 Å². The Morgan fingerprint density at radius 1 is 1.00 bits per heavy atom. The van der Waals surface area contributed by atoms with Gasteiger partial charge in [-0.2, -0.15) is 0 Å². The Morgan fingerprint density at radius 3 is 2.55 bits per heavy atom. The maximum atomic E-state index is 8.36. The first kappa shape index (κ1) is 21.0. The summed E-state index contributed by atoms with van der Waals surface area (Å²) >= 11 is 0. The molecule has 0 spiro atoms. The van der Waals surface area contributed by atoms with Crippen LogP contribution in [0.25, 0.3) is 0 Å². The number of aryl methyl sites for hydroxylation is 1. The number of para-hydroxylation sites is 1. The van der Waals surface area contributed by atoms with Crippen LogP contribution < -0.4 is 9.64 Å². The summed E-state index contributed by atoms with van der Waals surface area (Å²) in [6.07, 6.45) is 4.74. The second kappa shape index (κ2) is 9.69. The highest BCUT2D eigenvalue weighted by atomic mass is 16.5. The fourth-order valence-electron chi connectivity index (χ4n) is 4.66. The van der Waals surface area contributed by atoms with Gasteiger partial charge in [-0.1, -0.05) is 43.3 Å². The third-order valence-corrected chi connectivity index (χ3v) is 6.06. The minimum Gasteiger partial charge on any atom is -0.489 e. The quantitative estimate of drug-likeness (QED) is 0.548. The van der Waals surface area contributed by atoms with E-state index in [1.807, 2.05) is 0 Å². The zero-order valence-corrected chi connectivity index (χ0v) is 18.0. The third-order valence-electron chi connectivity index (χ3n) is 6.06. The highest BCUT2D eigenvalue weighted by molar-refractivity contribution is 5.68. The van der Waals surface area contributed by atoms with Crippen LogP contribution in [-0.2, 0) is 30.7 Å². The van der Waals surface area contributed by atoms with Gasteiger partial charge in [0.2, 0.25) is 0 Å². The molecular weight excluding hydrogens is 386 g/mol. The van der Waals surface area contributed by atoms with Crippen LogP contribution in [0.1, 0.15) is 35.6 Å². The summed E-state index contributed by atoms with van der Waals surface area (Å²) < 4.78 is 6.17. The Bertz CT molecular complexity index is 1030. The molecule has 3 aromatic rings. The summed E-state index contributed by atoms with van der Waals surface area (Å²) in [6, 6.07) is 24.2. The number of hydrogen-bond acceptors (Lipinski definition) is 3. The van der Waals surface area contributed by atoms with Crippen LogP contribution in [0.4, 0.5) is 11.4 Å². The zero-order chi connectivity index (χ0) is 21.6. The normalized spacial score (nSPS) is 16.5. The van der Waals surface area contributed by atoms with Crippen LogP contribution in [-0.4, -0.2) is 18.1 Å². The van der Waals surface area contributed by atoms with Gasteiger partial charge in [-0.15, -0.1) is 0 Å². The fourth-order valence-corrected chi connectivity index (χ4v) is 4.66. The van der Waals surface area contributed by atoms with Gasteiger partial charge in [-0.3, -0.25) is 4.79 Å². The molecule has 0 fully saturated rings. The van der Waals surface area contributed by atoms with E-state index in [4.69, 9.17) is 14.6 Å². The summed E-state index contributed by atoms with van der Waals surface area (Å²) in [6.45, 7) is 3.76. The van der Waals surface area contributed by atoms with Crippen LogP contribution in [0, 0.1) is 5.92 Å². The summed E-state index contributed by atoms with van der Waals surface area (Å²) in [4.78, 5) is 10.8. The predicted octanol–water partition coefficient (Wildman–Crippen LogP) is 5.79. The van der Waals surface area contributed by atoms with E-state index in [-0.39, 0.29) is 6.47 Å². The van der Waals surface area contributed by atoms with Gasteiger partial charge < -0.3 is 14.7 Å². The molecule has 0 saturated heterocycles. The van der Waals surface area contributed by atoms with E-state index in [1.54, 1.807) is 0 Å². The van der Waals surface area contributed by atoms with Crippen LogP contribution in [0.5, 0.6) is 5.75 Å². The van der Waals surface area contributed by atoms with E-state index in [0.717, 1.165) is 24.6 Å². The van der Waals surface area contributed by atoms with Crippen LogP contribution >= 0.6 is 0 Å². The summed E-state index contributed by atoms with van der Waals surface area (Å²) in [5, 5.41) is 6.89. The topological polar surface area (TPSA) is 49.8 Å². The maximum absolute atomic E-state index is 8.36. The van der Waals surface area contributed by atoms with E-state index in [1.165, 1.54) is 52.9 Å². The Hall–Kier alpha value is -3.27. The molecule has 1 aliphatic carbocycles. The largest absolute Gasteiger partial charge is 0.489 e. The highest BCUT2D eigenvalue weighted by Gasteiger charge is 2.20. The number of anilines is 2.